The molecule has 1 heterocycles. The molecule has 1 aliphatic heterocycles. The van der Waals surface area contributed by atoms with Crippen molar-refractivity contribution in [3.05, 3.63) is 18.2 Å². The fourth-order valence-electron chi connectivity index (χ4n) is 2.84. The van der Waals surface area contributed by atoms with Gasteiger partial charge in [-0.25, -0.2) is 26.4 Å². The molecule has 3 N–H and O–H groups in total. The van der Waals surface area contributed by atoms with Gasteiger partial charge >= 0.3 is 6.09 Å². The molecule has 0 unspecified atom stereocenters. The summed E-state index contributed by atoms with van der Waals surface area (Å²) in [6, 6.07) is 1.74. The highest BCUT2D eigenvalue weighted by molar-refractivity contribution is 7.92. The summed E-state index contributed by atoms with van der Waals surface area (Å²) in [7, 11) is -6.38. The van der Waals surface area contributed by atoms with E-state index < -0.39 is 55.5 Å². The standard InChI is InChI=1S/C16H23N3O8S2/c1-4-27-16(21)18-13-8-28(22,23)9-14(13)19-29(24,25)11-5-6-15(26-3)12(7-11)17-10(2)20/h5-7,13-14,19H,4,8-9H2,1-3H3,(H,17,20)(H,18,21)/t13-,14+/m1/s1. The van der Waals surface area contributed by atoms with Crippen molar-refractivity contribution in [3.63, 3.8) is 0 Å². The second kappa shape index (κ2) is 8.97. The predicted molar refractivity (Wildman–Crippen MR) is 104 cm³/mol. The van der Waals surface area contributed by atoms with Gasteiger partial charge in [0.05, 0.1) is 47.9 Å². The third-order valence-electron chi connectivity index (χ3n) is 4.03. The van der Waals surface area contributed by atoms with Crippen molar-refractivity contribution < 1.29 is 35.9 Å². The molecule has 11 nitrogen and oxygen atoms in total. The maximum absolute atomic E-state index is 12.8. The molecule has 1 saturated heterocycles. The highest BCUT2D eigenvalue weighted by Gasteiger charge is 2.41. The molecule has 13 heteroatoms. The summed E-state index contributed by atoms with van der Waals surface area (Å²) in [5.41, 5.74) is 0.142. The number of amides is 2. The fourth-order valence-corrected chi connectivity index (χ4v) is 6.11. The summed E-state index contributed by atoms with van der Waals surface area (Å²) in [4.78, 5) is 22.8. The summed E-state index contributed by atoms with van der Waals surface area (Å²) < 4.78 is 61.7. The molecule has 0 aliphatic carbocycles. The number of anilines is 1. The van der Waals surface area contributed by atoms with E-state index in [2.05, 4.69) is 15.4 Å². The molecule has 0 radical (unpaired) electrons. The second-order valence-electron chi connectivity index (χ2n) is 6.32. The van der Waals surface area contributed by atoms with Crippen LogP contribution in [0, 0.1) is 0 Å². The zero-order valence-corrected chi connectivity index (χ0v) is 17.7. The molecule has 0 spiro atoms. The smallest absolute Gasteiger partial charge is 0.407 e. The fraction of sp³-hybridized carbons (Fsp3) is 0.500. The number of sulfonamides is 1. The van der Waals surface area contributed by atoms with Crippen molar-refractivity contribution in [3.8, 4) is 5.75 Å². The SMILES string of the molecule is CCOC(=O)N[C@@H]1CS(=O)(=O)C[C@@H]1NS(=O)(=O)c1ccc(OC)c(NC(C)=O)c1. The normalized spacial score (nSPS) is 20.7. The summed E-state index contributed by atoms with van der Waals surface area (Å²) >= 11 is 0. The number of carbonyl (C=O) groups is 2. The molecule has 1 fully saturated rings. The molecule has 1 aromatic carbocycles. The van der Waals surface area contributed by atoms with E-state index in [1.54, 1.807) is 6.92 Å². The van der Waals surface area contributed by atoms with Crippen LogP contribution in [-0.2, 0) is 29.4 Å². The van der Waals surface area contributed by atoms with Gasteiger partial charge in [-0.3, -0.25) is 4.79 Å². The Morgan fingerprint density at radius 2 is 1.86 bits per heavy atom. The lowest BCUT2D eigenvalue weighted by Crippen LogP contribution is -2.51. The van der Waals surface area contributed by atoms with Gasteiger partial charge in [0.25, 0.3) is 0 Å². The Bertz CT molecular complexity index is 991. The van der Waals surface area contributed by atoms with E-state index in [0.29, 0.717) is 0 Å². The van der Waals surface area contributed by atoms with Gasteiger partial charge in [-0.2, -0.15) is 0 Å². The molecule has 2 amide bonds. The number of benzene rings is 1. The Labute approximate surface area is 169 Å². The summed E-state index contributed by atoms with van der Waals surface area (Å²) in [5, 5.41) is 4.84. The maximum Gasteiger partial charge on any atom is 0.407 e. The number of nitrogens with one attached hydrogen (secondary N) is 3. The van der Waals surface area contributed by atoms with Crippen LogP contribution in [0.5, 0.6) is 5.75 Å². The molecular formula is C16H23N3O8S2. The summed E-state index contributed by atoms with van der Waals surface area (Å²) in [5.74, 6) is -1.06. The third-order valence-corrected chi connectivity index (χ3v) is 7.25. The molecule has 1 aliphatic rings. The molecule has 0 aromatic heterocycles. The average molecular weight is 450 g/mol. The number of rotatable bonds is 7. The van der Waals surface area contributed by atoms with Crippen molar-refractivity contribution in [2.75, 3.05) is 30.5 Å². The van der Waals surface area contributed by atoms with E-state index in [1.165, 1.54) is 32.2 Å². The van der Waals surface area contributed by atoms with Crippen molar-refractivity contribution in [2.24, 2.45) is 0 Å². The lowest BCUT2D eigenvalue weighted by molar-refractivity contribution is -0.114. The molecule has 1 aromatic rings. The number of alkyl carbamates (subject to hydrolysis) is 1. The largest absolute Gasteiger partial charge is 0.495 e. The first-order chi connectivity index (χ1) is 13.5. The minimum Gasteiger partial charge on any atom is -0.495 e. The Kier molecular flexibility index (Phi) is 7.08. The Morgan fingerprint density at radius 3 is 2.45 bits per heavy atom. The van der Waals surface area contributed by atoms with Gasteiger partial charge in [-0.05, 0) is 25.1 Å². The number of hydrogen-bond donors (Lipinski definition) is 3. The average Bonchev–Trinajstić information content (AvgIpc) is 2.86. The molecule has 0 bridgehead atoms. The van der Waals surface area contributed by atoms with Crippen molar-refractivity contribution in [1.29, 1.82) is 0 Å². The van der Waals surface area contributed by atoms with E-state index >= 15 is 0 Å². The topological polar surface area (TPSA) is 157 Å². The number of hydrogen-bond acceptors (Lipinski definition) is 8. The minimum atomic E-state index is -4.17. The lowest BCUT2D eigenvalue weighted by Gasteiger charge is -2.20. The Balaban J connectivity index is 2.28. The minimum absolute atomic E-state index is 0.0828. The van der Waals surface area contributed by atoms with Crippen molar-refractivity contribution in [2.45, 2.75) is 30.8 Å². The molecule has 0 saturated carbocycles. The van der Waals surface area contributed by atoms with Crippen LogP contribution in [0.15, 0.2) is 23.1 Å². The van der Waals surface area contributed by atoms with Gasteiger partial charge in [0.1, 0.15) is 5.75 Å². The zero-order chi connectivity index (χ0) is 21.8. The van der Waals surface area contributed by atoms with Gasteiger partial charge < -0.3 is 20.1 Å². The van der Waals surface area contributed by atoms with Crippen LogP contribution >= 0.6 is 0 Å². The molecular weight excluding hydrogens is 426 g/mol. The quantitative estimate of drug-likeness (QED) is 0.518. The van der Waals surface area contributed by atoms with E-state index in [4.69, 9.17) is 9.47 Å². The Morgan fingerprint density at radius 1 is 1.21 bits per heavy atom. The predicted octanol–water partition coefficient (Wildman–Crippen LogP) is -0.156. The first kappa shape index (κ1) is 22.9. The number of ether oxygens (including phenoxy) is 2. The van der Waals surface area contributed by atoms with Crippen LogP contribution in [0.1, 0.15) is 13.8 Å². The van der Waals surface area contributed by atoms with E-state index in [-0.39, 0.29) is 22.9 Å². The third kappa shape index (κ3) is 6.05. The first-order valence-electron chi connectivity index (χ1n) is 8.59. The van der Waals surface area contributed by atoms with E-state index in [1.807, 2.05) is 0 Å². The van der Waals surface area contributed by atoms with Gasteiger partial charge in [-0.15, -0.1) is 0 Å². The molecule has 162 valence electrons. The van der Waals surface area contributed by atoms with E-state index in [0.717, 1.165) is 0 Å². The number of carbonyl (C=O) groups excluding carboxylic acids is 2. The van der Waals surface area contributed by atoms with Crippen LogP contribution in [0.4, 0.5) is 10.5 Å². The Hall–Kier alpha value is -2.38. The second-order valence-corrected chi connectivity index (χ2v) is 10.2. The van der Waals surface area contributed by atoms with Crippen LogP contribution < -0.4 is 20.1 Å². The highest BCUT2D eigenvalue weighted by atomic mass is 32.2. The molecule has 29 heavy (non-hydrogen) atoms. The lowest BCUT2D eigenvalue weighted by atomic mass is 10.2. The van der Waals surface area contributed by atoms with Crippen LogP contribution in [-0.4, -0.2) is 66.1 Å². The molecule has 2 rings (SSSR count). The van der Waals surface area contributed by atoms with Gasteiger partial charge in [-0.1, -0.05) is 0 Å². The molecule has 2 atom stereocenters. The summed E-state index contributed by atoms with van der Waals surface area (Å²) in [6.45, 7) is 2.93. The zero-order valence-electron chi connectivity index (χ0n) is 16.1. The van der Waals surface area contributed by atoms with Crippen LogP contribution in [0.2, 0.25) is 0 Å². The van der Waals surface area contributed by atoms with Crippen LogP contribution in [0.3, 0.4) is 0 Å². The number of methoxy groups -OCH3 is 1. The van der Waals surface area contributed by atoms with Crippen molar-refractivity contribution >= 4 is 37.5 Å². The van der Waals surface area contributed by atoms with Crippen LogP contribution in [0.25, 0.3) is 0 Å². The monoisotopic (exact) mass is 449 g/mol. The highest BCUT2D eigenvalue weighted by Crippen LogP contribution is 2.28. The first-order valence-corrected chi connectivity index (χ1v) is 11.9. The van der Waals surface area contributed by atoms with E-state index in [9.17, 15) is 26.4 Å². The van der Waals surface area contributed by atoms with Gasteiger partial charge in [0.15, 0.2) is 9.84 Å². The summed E-state index contributed by atoms with van der Waals surface area (Å²) in [6.07, 6.45) is -0.837. The number of sulfone groups is 1. The van der Waals surface area contributed by atoms with Gasteiger partial charge in [0.2, 0.25) is 15.9 Å². The maximum atomic E-state index is 12.8. The van der Waals surface area contributed by atoms with Gasteiger partial charge in [0, 0.05) is 6.92 Å². The van der Waals surface area contributed by atoms with Crippen molar-refractivity contribution in [1.82, 2.24) is 10.0 Å².